The van der Waals surface area contributed by atoms with E-state index in [9.17, 15) is 9.59 Å². The molecule has 1 amide bonds. The van der Waals surface area contributed by atoms with Crippen molar-refractivity contribution in [3.63, 3.8) is 0 Å². The van der Waals surface area contributed by atoms with Crippen LogP contribution in [0.1, 0.15) is 40.0 Å². The summed E-state index contributed by atoms with van der Waals surface area (Å²) in [4.78, 5) is 35.9. The molecule has 0 aromatic carbocycles. The van der Waals surface area contributed by atoms with Crippen molar-refractivity contribution in [3.05, 3.63) is 23.8 Å². The van der Waals surface area contributed by atoms with Crippen LogP contribution in [-0.4, -0.2) is 62.0 Å². The molecule has 0 saturated carbocycles. The van der Waals surface area contributed by atoms with Crippen LogP contribution in [0.5, 0.6) is 0 Å². The van der Waals surface area contributed by atoms with Crippen LogP contribution in [0.3, 0.4) is 0 Å². The highest BCUT2D eigenvalue weighted by molar-refractivity contribution is 5.88. The summed E-state index contributed by atoms with van der Waals surface area (Å²) >= 11 is 0. The van der Waals surface area contributed by atoms with Crippen LogP contribution in [0, 0.1) is 12.3 Å². The van der Waals surface area contributed by atoms with Crippen molar-refractivity contribution < 1.29 is 24.0 Å². The van der Waals surface area contributed by atoms with Gasteiger partial charge in [0, 0.05) is 18.7 Å². The maximum atomic E-state index is 12.8. The number of piperidine rings is 1. The summed E-state index contributed by atoms with van der Waals surface area (Å²) in [5.41, 5.74) is 0.0241. The minimum atomic E-state index is -1.20. The fraction of sp³-hybridized carbons (Fsp3) is 0.600. The van der Waals surface area contributed by atoms with E-state index in [4.69, 9.17) is 20.8 Å². The normalized spacial score (nSPS) is 16.8. The van der Waals surface area contributed by atoms with Crippen LogP contribution < -0.4 is 0 Å². The van der Waals surface area contributed by atoms with Crippen LogP contribution in [0.4, 0.5) is 0 Å². The zero-order chi connectivity index (χ0) is 21.0. The molecular weight excluding hydrogens is 348 g/mol. The fourth-order valence-electron chi connectivity index (χ4n) is 2.92. The lowest BCUT2D eigenvalue weighted by Gasteiger charge is -2.44. The highest BCUT2D eigenvalue weighted by atomic mass is 16.7. The molecule has 7 nitrogen and oxygen atoms in total. The van der Waals surface area contributed by atoms with Crippen molar-refractivity contribution in [2.75, 3.05) is 34.4 Å². The molecule has 0 atom stereocenters. The first-order chi connectivity index (χ1) is 12.9. The Morgan fingerprint density at radius 2 is 1.81 bits per heavy atom. The molecule has 0 spiro atoms. The van der Waals surface area contributed by atoms with Crippen molar-refractivity contribution in [1.82, 2.24) is 10.1 Å². The number of amides is 1. The van der Waals surface area contributed by atoms with Gasteiger partial charge in [0.2, 0.25) is 0 Å². The molecule has 1 aliphatic heterocycles. The minimum Gasteiger partial charge on any atom is -0.467 e. The average Bonchev–Trinajstić information content (AvgIpc) is 2.73. The minimum absolute atomic E-state index is 0.0138. The molecule has 0 aromatic rings. The third-order valence-corrected chi connectivity index (χ3v) is 4.46. The number of carbonyl (C=O) groups excluding carboxylic acids is 2. The summed E-state index contributed by atoms with van der Waals surface area (Å²) in [5, 5.41) is 2.83. The van der Waals surface area contributed by atoms with E-state index in [1.165, 1.54) is 14.2 Å². The number of methoxy groups -OCH3 is 1. The Morgan fingerprint density at radius 3 is 2.19 bits per heavy atom. The van der Waals surface area contributed by atoms with Gasteiger partial charge in [-0.1, -0.05) is 32.4 Å². The molecule has 1 fully saturated rings. The maximum Gasteiger partial charge on any atom is 0.334 e. The van der Waals surface area contributed by atoms with Crippen molar-refractivity contribution in [1.29, 1.82) is 0 Å². The summed E-state index contributed by atoms with van der Waals surface area (Å²) < 4.78 is 4.96. The van der Waals surface area contributed by atoms with E-state index in [2.05, 4.69) is 12.5 Å². The van der Waals surface area contributed by atoms with Gasteiger partial charge in [0.15, 0.2) is 5.54 Å². The van der Waals surface area contributed by atoms with Crippen LogP contribution in [0.2, 0.25) is 0 Å². The van der Waals surface area contributed by atoms with Gasteiger partial charge in [-0.25, -0.2) is 9.86 Å². The highest BCUT2D eigenvalue weighted by Crippen LogP contribution is 2.32. The van der Waals surface area contributed by atoms with Gasteiger partial charge < -0.3 is 9.57 Å². The molecule has 7 heteroatoms. The summed E-state index contributed by atoms with van der Waals surface area (Å²) in [6.07, 6.45) is 7.58. The van der Waals surface area contributed by atoms with Crippen LogP contribution in [0.15, 0.2) is 23.8 Å². The molecule has 1 aliphatic rings. The lowest BCUT2D eigenvalue weighted by atomic mass is 9.87. The number of nitrogens with zero attached hydrogens (tertiary/aromatic N) is 2. The number of hydrogen-bond acceptors (Lipinski definition) is 6. The van der Waals surface area contributed by atoms with Crippen molar-refractivity contribution in [3.8, 4) is 12.3 Å². The Labute approximate surface area is 162 Å². The molecule has 0 unspecified atom stereocenters. The zero-order valence-corrected chi connectivity index (χ0v) is 17.3. The van der Waals surface area contributed by atoms with Crippen molar-refractivity contribution >= 4 is 11.9 Å². The molecule has 0 aromatic heterocycles. The first kappa shape index (κ1) is 24.9. The number of terminal acetylenes is 1. The number of hydrogen-bond donors (Lipinski definition) is 0. The second-order valence-corrected chi connectivity index (χ2v) is 5.68. The molecule has 27 heavy (non-hydrogen) atoms. The second kappa shape index (κ2) is 12.3. The lowest BCUT2D eigenvalue weighted by molar-refractivity contribution is -0.238. The molecule has 1 heterocycles. The van der Waals surface area contributed by atoms with E-state index in [0.717, 1.165) is 5.06 Å². The standard InChI is InChI=1S/C18H26N2O5.C2H6/c1-7-14(3)15(8-2)13-16(21)20(25-6)18(17(22)23-4)9-11-19(24-5)12-10-18;1-2/h1,8H,2,9-13H2,3-6H3;1-2H3/b15-14-;. The largest absolute Gasteiger partial charge is 0.467 e. The van der Waals surface area contributed by atoms with E-state index in [1.54, 1.807) is 25.2 Å². The Hall–Kier alpha value is -2.14. The number of esters is 1. The Kier molecular flexibility index (Phi) is 11.3. The Balaban J connectivity index is 0.00000326. The van der Waals surface area contributed by atoms with Gasteiger partial charge in [0.25, 0.3) is 5.91 Å². The molecule has 0 bridgehead atoms. The topological polar surface area (TPSA) is 68.3 Å². The number of ether oxygens (including phenoxy) is 1. The van der Waals surface area contributed by atoms with Crippen LogP contribution in [0.25, 0.3) is 0 Å². The summed E-state index contributed by atoms with van der Waals surface area (Å²) in [5.74, 6) is 1.59. The first-order valence-electron chi connectivity index (χ1n) is 8.93. The quantitative estimate of drug-likeness (QED) is 0.293. The fourth-order valence-corrected chi connectivity index (χ4v) is 2.92. The SMILES string of the molecule is C#C/C(C)=C(/C=C)CC(=O)N(OC)C1(C(=O)OC)CCN(OC)CC1.CC. The molecule has 0 radical (unpaired) electrons. The highest BCUT2D eigenvalue weighted by Gasteiger charge is 2.50. The summed E-state index contributed by atoms with van der Waals surface area (Å²) in [6.45, 7) is 10.4. The van der Waals surface area contributed by atoms with Gasteiger partial charge in [0.1, 0.15) is 0 Å². The summed E-state index contributed by atoms with van der Waals surface area (Å²) in [7, 11) is 4.22. The number of rotatable bonds is 7. The first-order valence-corrected chi connectivity index (χ1v) is 8.93. The molecule has 0 N–H and O–H groups in total. The third kappa shape index (κ3) is 5.93. The van der Waals surface area contributed by atoms with Gasteiger partial charge in [-0.05, 0) is 25.3 Å². The zero-order valence-electron chi connectivity index (χ0n) is 17.3. The van der Waals surface area contributed by atoms with Gasteiger partial charge in [-0.15, -0.1) is 6.42 Å². The van der Waals surface area contributed by atoms with Crippen molar-refractivity contribution in [2.24, 2.45) is 0 Å². The molecule has 0 aliphatic carbocycles. The lowest BCUT2D eigenvalue weighted by Crippen LogP contribution is -2.61. The van der Waals surface area contributed by atoms with Gasteiger partial charge in [-0.3, -0.25) is 9.63 Å². The maximum absolute atomic E-state index is 12.8. The predicted molar refractivity (Wildman–Crippen MR) is 104 cm³/mol. The molecular formula is C20H32N2O5. The number of carbonyl (C=O) groups is 2. The van der Waals surface area contributed by atoms with E-state index < -0.39 is 11.5 Å². The molecule has 1 rings (SSSR count). The molecule has 152 valence electrons. The number of allylic oxidation sites excluding steroid dienone is 2. The molecule has 1 saturated heterocycles. The van der Waals surface area contributed by atoms with Crippen molar-refractivity contribution in [2.45, 2.75) is 45.6 Å². The number of hydroxylamine groups is 4. The summed E-state index contributed by atoms with van der Waals surface area (Å²) in [6, 6.07) is 0. The van der Waals surface area contributed by atoms with Gasteiger partial charge in [-0.2, -0.15) is 5.06 Å². The Morgan fingerprint density at radius 1 is 1.26 bits per heavy atom. The van der Waals surface area contributed by atoms with E-state index in [0.29, 0.717) is 37.1 Å². The van der Waals surface area contributed by atoms with Crippen LogP contribution in [-0.2, 0) is 24.0 Å². The van der Waals surface area contributed by atoms with Gasteiger partial charge in [0.05, 0.1) is 27.8 Å². The third-order valence-electron chi connectivity index (χ3n) is 4.46. The average molecular weight is 380 g/mol. The second-order valence-electron chi connectivity index (χ2n) is 5.68. The Bertz CT molecular complexity index is 584. The van der Waals surface area contributed by atoms with E-state index in [-0.39, 0.29) is 12.3 Å². The van der Waals surface area contributed by atoms with Crippen LogP contribution >= 0.6 is 0 Å². The van der Waals surface area contributed by atoms with Gasteiger partial charge >= 0.3 is 5.97 Å². The monoisotopic (exact) mass is 380 g/mol. The van der Waals surface area contributed by atoms with E-state index in [1.807, 2.05) is 13.8 Å². The predicted octanol–water partition coefficient (Wildman–Crippen LogP) is 2.50. The van der Waals surface area contributed by atoms with E-state index >= 15 is 0 Å². The smallest absolute Gasteiger partial charge is 0.334 e.